The Kier molecular flexibility index (Phi) is 5.02. The molecule has 1 heterocycles. The summed E-state index contributed by atoms with van der Waals surface area (Å²) in [5.74, 6) is 0. The summed E-state index contributed by atoms with van der Waals surface area (Å²) in [5, 5.41) is 8.90. The molecule has 0 aromatic carbocycles. The van der Waals surface area contributed by atoms with Crippen molar-refractivity contribution in [3.63, 3.8) is 0 Å². The Morgan fingerprint density at radius 2 is 2.19 bits per heavy atom. The van der Waals surface area contributed by atoms with Crippen LogP contribution < -0.4 is 10.6 Å². The Bertz CT molecular complexity index is 324. The van der Waals surface area contributed by atoms with Crippen molar-refractivity contribution in [1.29, 1.82) is 0 Å². The highest BCUT2D eigenvalue weighted by Crippen LogP contribution is 2.32. The van der Waals surface area contributed by atoms with Gasteiger partial charge in [-0.2, -0.15) is 0 Å². The van der Waals surface area contributed by atoms with Gasteiger partial charge in [0.25, 0.3) is 0 Å². The fourth-order valence-corrected chi connectivity index (χ4v) is 2.19. The fourth-order valence-electron chi connectivity index (χ4n) is 1.62. The van der Waals surface area contributed by atoms with Crippen molar-refractivity contribution in [2.24, 2.45) is 0 Å². The first-order chi connectivity index (χ1) is 7.57. The second-order valence-electron chi connectivity index (χ2n) is 3.92. The van der Waals surface area contributed by atoms with Gasteiger partial charge in [-0.05, 0) is 36.2 Å². The average Bonchev–Trinajstić information content (AvgIpc) is 2.21. The molecule has 90 valence electrons. The summed E-state index contributed by atoms with van der Waals surface area (Å²) in [4.78, 5) is 6.18. The van der Waals surface area contributed by atoms with Crippen molar-refractivity contribution in [3.05, 3.63) is 16.9 Å². The quantitative estimate of drug-likeness (QED) is 0.870. The van der Waals surface area contributed by atoms with Gasteiger partial charge in [0.05, 0.1) is 22.0 Å². The Labute approximate surface area is 105 Å². The van der Waals surface area contributed by atoms with Crippen LogP contribution in [0.4, 0.5) is 11.4 Å². The van der Waals surface area contributed by atoms with Crippen LogP contribution in [-0.2, 0) is 0 Å². The van der Waals surface area contributed by atoms with Crippen molar-refractivity contribution < 1.29 is 5.11 Å². The molecule has 0 bridgehead atoms. The molecular formula is C11H18BrN3O. The number of aliphatic hydroxyl groups is 1. The van der Waals surface area contributed by atoms with Crippen LogP contribution in [0.25, 0.3) is 0 Å². The van der Waals surface area contributed by atoms with E-state index in [1.54, 1.807) is 12.4 Å². The molecule has 0 saturated carbocycles. The third kappa shape index (κ3) is 3.09. The molecule has 0 spiro atoms. The van der Waals surface area contributed by atoms with Gasteiger partial charge in [0.15, 0.2) is 0 Å². The summed E-state index contributed by atoms with van der Waals surface area (Å²) in [6.45, 7) is 5.17. The number of hydrogen-bond acceptors (Lipinski definition) is 4. The van der Waals surface area contributed by atoms with Crippen LogP contribution in [0.1, 0.15) is 20.3 Å². The van der Waals surface area contributed by atoms with E-state index in [0.29, 0.717) is 11.7 Å². The van der Waals surface area contributed by atoms with Crippen LogP contribution >= 0.6 is 15.9 Å². The Morgan fingerprint density at radius 1 is 1.50 bits per heavy atom. The van der Waals surface area contributed by atoms with E-state index >= 15 is 0 Å². The third-order valence-corrected chi connectivity index (χ3v) is 2.95. The Balaban J connectivity index is 3.00. The molecule has 16 heavy (non-hydrogen) atoms. The monoisotopic (exact) mass is 287 g/mol. The topological polar surface area (TPSA) is 62.4 Å². The van der Waals surface area contributed by atoms with E-state index in [4.69, 9.17) is 10.8 Å². The minimum atomic E-state index is 0.186. The predicted octanol–water partition coefficient (Wildman–Crippen LogP) is 2.02. The van der Waals surface area contributed by atoms with Gasteiger partial charge in [0, 0.05) is 25.4 Å². The summed E-state index contributed by atoms with van der Waals surface area (Å²) < 4.78 is 0.888. The lowest BCUT2D eigenvalue weighted by atomic mass is 10.2. The molecule has 0 unspecified atom stereocenters. The summed E-state index contributed by atoms with van der Waals surface area (Å²) in [6.07, 6.45) is 4.11. The number of hydrogen-bond donors (Lipinski definition) is 2. The highest BCUT2D eigenvalue weighted by Gasteiger charge is 2.16. The number of nitrogens with two attached hydrogens (primary N) is 1. The third-order valence-electron chi connectivity index (χ3n) is 2.37. The van der Waals surface area contributed by atoms with E-state index in [1.165, 1.54) is 0 Å². The summed E-state index contributed by atoms with van der Waals surface area (Å²) in [6, 6.07) is 0.326. The zero-order valence-electron chi connectivity index (χ0n) is 9.65. The molecule has 0 aliphatic rings. The minimum absolute atomic E-state index is 0.186. The van der Waals surface area contributed by atoms with Crippen molar-refractivity contribution in [3.8, 4) is 0 Å². The van der Waals surface area contributed by atoms with E-state index in [1.807, 2.05) is 0 Å². The molecule has 1 aromatic rings. The normalized spacial score (nSPS) is 10.8. The molecule has 0 fully saturated rings. The average molecular weight is 288 g/mol. The molecule has 0 atom stereocenters. The molecule has 5 heteroatoms. The largest absolute Gasteiger partial charge is 0.396 e. The van der Waals surface area contributed by atoms with Gasteiger partial charge >= 0.3 is 0 Å². The first-order valence-electron chi connectivity index (χ1n) is 5.34. The van der Waals surface area contributed by atoms with Crippen molar-refractivity contribution in [1.82, 2.24) is 4.98 Å². The predicted molar refractivity (Wildman–Crippen MR) is 70.5 cm³/mol. The van der Waals surface area contributed by atoms with Crippen LogP contribution in [0.2, 0.25) is 0 Å². The molecule has 1 rings (SSSR count). The number of nitrogen functional groups attached to an aromatic ring is 1. The first kappa shape index (κ1) is 13.3. The summed E-state index contributed by atoms with van der Waals surface area (Å²) in [5.41, 5.74) is 7.55. The smallest absolute Gasteiger partial charge is 0.0778 e. The van der Waals surface area contributed by atoms with E-state index in [2.05, 4.69) is 39.7 Å². The number of rotatable bonds is 5. The van der Waals surface area contributed by atoms with Crippen LogP contribution in [0.15, 0.2) is 16.9 Å². The van der Waals surface area contributed by atoms with Crippen LogP contribution in [-0.4, -0.2) is 29.3 Å². The van der Waals surface area contributed by atoms with Crippen LogP contribution in [0.3, 0.4) is 0 Å². The van der Waals surface area contributed by atoms with Gasteiger partial charge in [-0.15, -0.1) is 0 Å². The fraction of sp³-hybridized carbons (Fsp3) is 0.545. The van der Waals surface area contributed by atoms with E-state index in [9.17, 15) is 0 Å². The molecule has 0 saturated heterocycles. The summed E-state index contributed by atoms with van der Waals surface area (Å²) >= 11 is 3.46. The molecule has 0 amide bonds. The highest BCUT2D eigenvalue weighted by atomic mass is 79.9. The molecule has 1 aromatic heterocycles. The number of nitrogens with zero attached hydrogens (tertiary/aromatic N) is 2. The van der Waals surface area contributed by atoms with Gasteiger partial charge in [-0.1, -0.05) is 0 Å². The second-order valence-corrected chi connectivity index (χ2v) is 4.78. The molecule has 4 nitrogen and oxygen atoms in total. The highest BCUT2D eigenvalue weighted by molar-refractivity contribution is 9.10. The maximum Gasteiger partial charge on any atom is 0.0778 e. The van der Waals surface area contributed by atoms with E-state index in [0.717, 1.165) is 23.1 Å². The number of halogens is 1. The standard InChI is InChI=1S/C11H18BrN3O/c1-8(2)15(4-3-5-16)11-9(12)6-14-7-10(11)13/h6-8,16H,3-5,13H2,1-2H3. The van der Waals surface area contributed by atoms with Gasteiger partial charge in [-0.25, -0.2) is 0 Å². The number of aromatic nitrogens is 1. The van der Waals surface area contributed by atoms with Crippen molar-refractivity contribution >= 4 is 27.3 Å². The van der Waals surface area contributed by atoms with Gasteiger partial charge in [0.2, 0.25) is 0 Å². The van der Waals surface area contributed by atoms with Crippen LogP contribution in [0.5, 0.6) is 0 Å². The molecule has 0 radical (unpaired) electrons. The Morgan fingerprint density at radius 3 is 2.69 bits per heavy atom. The molecule has 0 aliphatic heterocycles. The zero-order chi connectivity index (χ0) is 12.1. The number of pyridine rings is 1. The van der Waals surface area contributed by atoms with E-state index in [-0.39, 0.29) is 6.61 Å². The van der Waals surface area contributed by atoms with Crippen LogP contribution in [0, 0.1) is 0 Å². The van der Waals surface area contributed by atoms with E-state index < -0.39 is 0 Å². The molecule has 0 aliphatic carbocycles. The second kappa shape index (κ2) is 6.06. The minimum Gasteiger partial charge on any atom is -0.396 e. The number of aliphatic hydroxyl groups excluding tert-OH is 1. The lowest BCUT2D eigenvalue weighted by molar-refractivity contribution is 0.288. The van der Waals surface area contributed by atoms with Crippen molar-refractivity contribution in [2.75, 3.05) is 23.8 Å². The molecule has 3 N–H and O–H groups in total. The van der Waals surface area contributed by atoms with Gasteiger partial charge < -0.3 is 15.7 Å². The first-order valence-corrected chi connectivity index (χ1v) is 6.13. The lowest BCUT2D eigenvalue weighted by Crippen LogP contribution is -2.33. The Hall–Kier alpha value is -0.810. The van der Waals surface area contributed by atoms with Gasteiger partial charge in [-0.3, -0.25) is 4.98 Å². The maximum atomic E-state index is 8.90. The number of anilines is 2. The zero-order valence-corrected chi connectivity index (χ0v) is 11.2. The SMILES string of the molecule is CC(C)N(CCCO)c1c(N)cncc1Br. The maximum absolute atomic E-state index is 8.90. The van der Waals surface area contributed by atoms with Gasteiger partial charge in [0.1, 0.15) is 0 Å². The lowest BCUT2D eigenvalue weighted by Gasteiger charge is -2.30. The van der Waals surface area contributed by atoms with Crippen molar-refractivity contribution in [2.45, 2.75) is 26.3 Å². The molecular weight excluding hydrogens is 270 g/mol. The summed E-state index contributed by atoms with van der Waals surface area (Å²) in [7, 11) is 0.